The Morgan fingerprint density at radius 3 is 2.61 bits per heavy atom. The molecular weight excluding hydrogens is 538 g/mol. The van der Waals surface area contributed by atoms with E-state index in [1.54, 1.807) is 40.3 Å². The highest BCUT2D eigenvalue weighted by Crippen LogP contribution is 2.63. The number of aliphatic carboxylic acids is 2. The number of fused-ring (bicyclic) bond motifs is 1. The van der Waals surface area contributed by atoms with Crippen LogP contribution in [0, 0.1) is 0 Å². The van der Waals surface area contributed by atoms with Crippen molar-refractivity contribution in [3.63, 3.8) is 0 Å². The maximum absolute atomic E-state index is 13.4. The minimum absolute atomic E-state index is 0.0793. The zero-order valence-corrected chi connectivity index (χ0v) is 21.9. The minimum Gasteiger partial charge on any atom is -0.543 e. The lowest BCUT2D eigenvalue weighted by atomic mass is 9.80. The Bertz CT molecular complexity index is 1430. The van der Waals surface area contributed by atoms with Gasteiger partial charge in [-0.3, -0.25) is 19.3 Å². The second-order valence-electron chi connectivity index (χ2n) is 9.53. The molecule has 1 saturated carbocycles. The largest absolute Gasteiger partial charge is 0.543 e. The van der Waals surface area contributed by atoms with Gasteiger partial charge in [0.05, 0.1) is 36.2 Å². The third-order valence-electron chi connectivity index (χ3n) is 7.45. The zero-order chi connectivity index (χ0) is 27.1. The fraction of sp³-hybridized carbons (Fsp3) is 0.455. The number of anilines is 1. The van der Waals surface area contributed by atoms with Gasteiger partial charge in [-0.05, 0) is 19.3 Å². The van der Waals surface area contributed by atoms with Gasteiger partial charge in [0.25, 0.3) is 5.91 Å². The molecular formula is C22H23N7O7S2. The second kappa shape index (κ2) is 8.26. The molecule has 2 aromatic heterocycles. The number of aryl methyl sites for hydroxylation is 1. The molecule has 4 aliphatic rings. The van der Waals surface area contributed by atoms with E-state index in [-0.39, 0.29) is 41.5 Å². The van der Waals surface area contributed by atoms with Crippen molar-refractivity contribution in [3.8, 4) is 0 Å². The summed E-state index contributed by atoms with van der Waals surface area (Å²) < 4.78 is 3.40. The number of nitrogens with two attached hydrogens (primary N) is 1. The van der Waals surface area contributed by atoms with Crippen LogP contribution in [-0.4, -0.2) is 70.6 Å². The molecule has 1 aliphatic carbocycles. The van der Waals surface area contributed by atoms with Crippen LogP contribution >= 0.6 is 23.1 Å². The van der Waals surface area contributed by atoms with Crippen molar-refractivity contribution in [3.05, 3.63) is 40.8 Å². The van der Waals surface area contributed by atoms with E-state index < -0.39 is 45.6 Å². The van der Waals surface area contributed by atoms with Gasteiger partial charge in [0.2, 0.25) is 5.91 Å². The number of hydrogen-bond donors (Lipinski definition) is 2. The molecule has 2 amide bonds. The van der Waals surface area contributed by atoms with Gasteiger partial charge in [-0.15, -0.1) is 16.0 Å². The molecule has 3 aliphatic heterocycles. The zero-order valence-electron chi connectivity index (χ0n) is 20.3. The standard InChI is InChI=1S/C22H23N7O7S2/c1-11(30)28-15-16(31)27-14(18(32)33)12(9-26-8-4-7-25(26)2)22(38-17(15)27,13-10-37-20(23)24-13)29(28)36-21(19(34)35)5-3-6-21/h4,7-8,10,15,17H,3,5-6,9H2,1-2H3,(H3-,23,24,32,33,34,35)/t15-,17-,22?/m1/s1. The van der Waals surface area contributed by atoms with E-state index in [0.29, 0.717) is 6.42 Å². The highest BCUT2D eigenvalue weighted by Gasteiger charge is 2.72. The molecule has 2 saturated heterocycles. The number of nitrogens with zero attached hydrogens (tertiary/aromatic N) is 6. The Morgan fingerprint density at radius 2 is 2.11 bits per heavy atom. The molecule has 6 rings (SSSR count). The molecule has 5 heterocycles. The van der Waals surface area contributed by atoms with Crippen LogP contribution < -0.4 is 15.5 Å². The molecule has 38 heavy (non-hydrogen) atoms. The van der Waals surface area contributed by atoms with Crippen LogP contribution in [-0.2, 0) is 42.5 Å². The summed E-state index contributed by atoms with van der Waals surface area (Å²) >= 11 is 2.26. The van der Waals surface area contributed by atoms with E-state index in [1.807, 2.05) is 0 Å². The monoisotopic (exact) mass is 561 g/mol. The normalized spacial score (nSPS) is 27.7. The average Bonchev–Trinajstić information content (AvgIpc) is 3.44. The third-order valence-corrected chi connectivity index (χ3v) is 9.79. The molecule has 2 aromatic rings. The maximum Gasteiger partial charge on any atom is 0.338 e. The number of thioether (sulfide) groups is 1. The molecule has 3 atom stereocenters. The van der Waals surface area contributed by atoms with Gasteiger partial charge in [0, 0.05) is 18.4 Å². The van der Waals surface area contributed by atoms with Crippen LogP contribution in [0.2, 0.25) is 0 Å². The quantitative estimate of drug-likeness (QED) is 0.297. The summed E-state index contributed by atoms with van der Waals surface area (Å²) in [5.41, 5.74) is 4.33. The van der Waals surface area contributed by atoms with Gasteiger partial charge in [-0.1, -0.05) is 16.9 Å². The van der Waals surface area contributed by atoms with E-state index >= 15 is 0 Å². The van der Waals surface area contributed by atoms with Crippen LogP contribution in [0.25, 0.3) is 0 Å². The summed E-state index contributed by atoms with van der Waals surface area (Å²) in [4.78, 5) is 61.8. The Kier molecular flexibility index (Phi) is 5.40. The summed E-state index contributed by atoms with van der Waals surface area (Å²) in [7, 11) is 1.75. The van der Waals surface area contributed by atoms with Gasteiger partial charge < -0.3 is 20.7 Å². The first-order valence-corrected chi connectivity index (χ1v) is 13.5. The first-order chi connectivity index (χ1) is 18.0. The highest BCUT2D eigenvalue weighted by molar-refractivity contribution is 8.01. The number of carbonyl (C=O) groups excluding carboxylic acids is 3. The van der Waals surface area contributed by atoms with Crippen LogP contribution in [0.15, 0.2) is 35.1 Å². The number of hydroxylamine groups is 1. The summed E-state index contributed by atoms with van der Waals surface area (Å²) in [5.74, 6) is -4.04. The van der Waals surface area contributed by atoms with E-state index in [1.165, 1.54) is 6.92 Å². The van der Waals surface area contributed by atoms with Crippen molar-refractivity contribution in [1.29, 1.82) is 0 Å². The van der Waals surface area contributed by atoms with Gasteiger partial charge >= 0.3 is 5.97 Å². The fourth-order valence-electron chi connectivity index (χ4n) is 5.38. The molecule has 0 aromatic carbocycles. The van der Waals surface area contributed by atoms with Crippen molar-refractivity contribution in [2.24, 2.45) is 7.05 Å². The molecule has 16 heteroatoms. The summed E-state index contributed by atoms with van der Waals surface area (Å²) in [6, 6.07) is 0.646. The Morgan fingerprint density at radius 1 is 1.37 bits per heavy atom. The van der Waals surface area contributed by atoms with Crippen molar-refractivity contribution in [1.82, 2.24) is 24.7 Å². The average molecular weight is 562 g/mol. The van der Waals surface area contributed by atoms with Crippen molar-refractivity contribution < 1.29 is 38.9 Å². The summed E-state index contributed by atoms with van der Waals surface area (Å²) in [5, 5.41) is 26.0. The number of aromatic nitrogens is 3. The summed E-state index contributed by atoms with van der Waals surface area (Å²) in [6.07, 6.45) is 4.37. The number of carboxylic acids is 2. The number of carboxylic acid groups (broad SMARTS) is 2. The predicted octanol–water partition coefficient (Wildman–Crippen LogP) is -1.49. The third kappa shape index (κ3) is 3.14. The van der Waals surface area contributed by atoms with E-state index in [9.17, 15) is 29.4 Å². The van der Waals surface area contributed by atoms with Gasteiger partial charge in [0.15, 0.2) is 34.4 Å². The lowest BCUT2D eigenvalue weighted by Crippen LogP contribution is -2.82. The Hall–Kier alpha value is -3.47. The van der Waals surface area contributed by atoms with Crippen LogP contribution in [0.4, 0.5) is 5.13 Å². The van der Waals surface area contributed by atoms with E-state index in [0.717, 1.165) is 38.2 Å². The first-order valence-electron chi connectivity index (χ1n) is 11.7. The molecule has 14 nitrogen and oxygen atoms in total. The van der Waals surface area contributed by atoms with Crippen LogP contribution in [0.1, 0.15) is 31.9 Å². The molecule has 0 radical (unpaired) electrons. The Balaban J connectivity index is 1.66. The molecule has 1 unspecified atom stereocenters. The lowest BCUT2D eigenvalue weighted by Gasteiger charge is -2.66. The number of thiazole rings is 1. The van der Waals surface area contributed by atoms with Crippen molar-refractivity contribution >= 4 is 52.0 Å². The summed E-state index contributed by atoms with van der Waals surface area (Å²) in [6.45, 7) is 1.16. The molecule has 3 fully saturated rings. The molecule has 200 valence electrons. The first kappa shape index (κ1) is 24.8. The highest BCUT2D eigenvalue weighted by atomic mass is 32.2. The van der Waals surface area contributed by atoms with Crippen LogP contribution in [0.5, 0.6) is 0 Å². The lowest BCUT2D eigenvalue weighted by molar-refractivity contribution is -0.767. The van der Waals surface area contributed by atoms with Crippen molar-refractivity contribution in [2.45, 2.75) is 54.6 Å². The second-order valence-corrected chi connectivity index (χ2v) is 11.7. The predicted molar refractivity (Wildman–Crippen MR) is 128 cm³/mol. The topological polar surface area (TPSA) is 178 Å². The van der Waals surface area contributed by atoms with E-state index in [4.69, 9.17) is 10.6 Å². The number of β-lactam (4-membered cyclic amide) rings is 1. The Labute approximate surface area is 223 Å². The number of hydrazine groups is 1. The fourth-order valence-corrected chi connectivity index (χ4v) is 7.84. The van der Waals surface area contributed by atoms with Gasteiger partial charge in [-0.25, -0.2) is 14.8 Å². The number of hydrogen-bond acceptors (Lipinski definition) is 11. The minimum atomic E-state index is -1.68. The number of rotatable bonds is 7. The number of carbonyl (C=O) groups is 4. The van der Waals surface area contributed by atoms with E-state index in [2.05, 4.69) is 4.98 Å². The molecule has 2 bridgehead atoms. The maximum atomic E-state index is 13.4. The molecule has 0 spiro atoms. The van der Waals surface area contributed by atoms with Gasteiger partial charge in [-0.2, -0.15) is 4.68 Å². The van der Waals surface area contributed by atoms with Crippen molar-refractivity contribution in [2.75, 3.05) is 5.73 Å². The number of amides is 2. The van der Waals surface area contributed by atoms with Crippen LogP contribution in [0.3, 0.4) is 0 Å². The van der Waals surface area contributed by atoms with Gasteiger partial charge in [0.1, 0.15) is 5.37 Å². The number of nitrogen functional groups attached to an aromatic ring is 1. The smallest absolute Gasteiger partial charge is 0.338 e. The SMILES string of the molecule is CC(=O)N1[C@@H]2C(=O)N3C(C(=O)[O-])=C(C[n+]4cccn4C)C(c4csc(N)n4)(S[C@H]23)N1OC1(C(=O)O)CCC1. The molecule has 3 N–H and O–H groups in total.